The molecule has 0 aliphatic carbocycles. The molecule has 0 radical (unpaired) electrons. The van der Waals surface area contributed by atoms with Crippen LogP contribution in [0, 0.1) is 0 Å². The number of likely N-dealkylation sites (tertiary alicyclic amines) is 1. The van der Waals surface area contributed by atoms with E-state index >= 15 is 0 Å². The predicted octanol–water partition coefficient (Wildman–Crippen LogP) is 0.541. The standard InChI is InChI=1S/C12H13N3O2/c16-9-4-6-15(7-9)12(17)10-8-14-5-2-1-3-11(14)13-10/h1-3,5,8-9,16H,4,6-7H2. The first-order valence-electron chi connectivity index (χ1n) is 5.65. The lowest BCUT2D eigenvalue weighted by molar-refractivity contribution is 0.0760. The summed E-state index contributed by atoms with van der Waals surface area (Å²) in [7, 11) is 0. The second-order valence-corrected chi connectivity index (χ2v) is 4.29. The maximum atomic E-state index is 12.1. The molecule has 17 heavy (non-hydrogen) atoms. The molecule has 1 amide bonds. The minimum Gasteiger partial charge on any atom is -0.391 e. The van der Waals surface area contributed by atoms with Crippen molar-refractivity contribution in [2.24, 2.45) is 0 Å². The lowest BCUT2D eigenvalue weighted by Gasteiger charge is -2.13. The molecule has 5 heteroatoms. The molecule has 1 aliphatic heterocycles. The number of amides is 1. The van der Waals surface area contributed by atoms with Gasteiger partial charge in [-0.25, -0.2) is 4.98 Å². The molecule has 3 heterocycles. The van der Waals surface area contributed by atoms with Gasteiger partial charge >= 0.3 is 0 Å². The summed E-state index contributed by atoms with van der Waals surface area (Å²) in [6.45, 7) is 1.01. The molecular formula is C12H13N3O2. The Hall–Kier alpha value is -1.88. The van der Waals surface area contributed by atoms with Gasteiger partial charge in [0.1, 0.15) is 11.3 Å². The molecule has 2 aromatic heterocycles. The average molecular weight is 231 g/mol. The highest BCUT2D eigenvalue weighted by Crippen LogP contribution is 2.13. The zero-order valence-corrected chi connectivity index (χ0v) is 9.28. The molecule has 0 bridgehead atoms. The molecular weight excluding hydrogens is 218 g/mol. The van der Waals surface area contributed by atoms with Crippen LogP contribution in [-0.4, -0.2) is 44.5 Å². The zero-order chi connectivity index (χ0) is 11.8. The predicted molar refractivity (Wildman–Crippen MR) is 61.7 cm³/mol. The number of carbonyl (C=O) groups excluding carboxylic acids is 1. The normalized spacial score (nSPS) is 20.1. The molecule has 5 nitrogen and oxygen atoms in total. The van der Waals surface area contributed by atoms with Crippen LogP contribution in [0.15, 0.2) is 30.6 Å². The number of hydrogen-bond donors (Lipinski definition) is 1. The third-order valence-electron chi connectivity index (χ3n) is 3.03. The minimum atomic E-state index is -0.393. The first-order chi connectivity index (χ1) is 8.24. The molecule has 1 aliphatic rings. The van der Waals surface area contributed by atoms with Crippen molar-refractivity contribution >= 4 is 11.6 Å². The Labute approximate surface area is 98.3 Å². The summed E-state index contributed by atoms with van der Waals surface area (Å²) >= 11 is 0. The van der Waals surface area contributed by atoms with Gasteiger partial charge in [0.2, 0.25) is 0 Å². The van der Waals surface area contributed by atoms with Crippen LogP contribution in [0.5, 0.6) is 0 Å². The molecule has 2 aromatic rings. The van der Waals surface area contributed by atoms with Crippen molar-refractivity contribution in [3.05, 3.63) is 36.3 Å². The van der Waals surface area contributed by atoms with Crippen LogP contribution in [0.4, 0.5) is 0 Å². The second kappa shape index (κ2) is 3.85. The van der Waals surface area contributed by atoms with Gasteiger partial charge in [0.05, 0.1) is 6.10 Å². The summed E-state index contributed by atoms with van der Waals surface area (Å²) in [6.07, 6.45) is 3.84. The lowest BCUT2D eigenvalue weighted by atomic mass is 10.3. The summed E-state index contributed by atoms with van der Waals surface area (Å²) in [5.74, 6) is -0.106. The summed E-state index contributed by atoms with van der Waals surface area (Å²) in [5, 5.41) is 9.42. The van der Waals surface area contributed by atoms with E-state index in [2.05, 4.69) is 4.98 Å². The van der Waals surface area contributed by atoms with Crippen LogP contribution < -0.4 is 0 Å². The van der Waals surface area contributed by atoms with Crippen LogP contribution >= 0.6 is 0 Å². The van der Waals surface area contributed by atoms with Crippen molar-refractivity contribution in [2.75, 3.05) is 13.1 Å². The molecule has 88 valence electrons. The molecule has 1 N–H and O–H groups in total. The third kappa shape index (κ3) is 1.78. The van der Waals surface area contributed by atoms with E-state index in [-0.39, 0.29) is 5.91 Å². The number of aliphatic hydroxyl groups is 1. The quantitative estimate of drug-likeness (QED) is 0.779. The van der Waals surface area contributed by atoms with Gasteiger partial charge in [-0.15, -0.1) is 0 Å². The summed E-state index contributed by atoms with van der Waals surface area (Å²) in [6, 6.07) is 5.63. The van der Waals surface area contributed by atoms with E-state index in [1.165, 1.54) is 0 Å². The number of aromatic nitrogens is 2. The van der Waals surface area contributed by atoms with Crippen molar-refractivity contribution in [3.8, 4) is 0 Å². The molecule has 0 saturated carbocycles. The monoisotopic (exact) mass is 231 g/mol. The highest BCUT2D eigenvalue weighted by Gasteiger charge is 2.26. The van der Waals surface area contributed by atoms with Crippen molar-refractivity contribution in [3.63, 3.8) is 0 Å². The third-order valence-corrected chi connectivity index (χ3v) is 3.03. The van der Waals surface area contributed by atoms with Crippen LogP contribution in [0.1, 0.15) is 16.9 Å². The Morgan fingerprint density at radius 1 is 1.47 bits per heavy atom. The number of hydrogen-bond acceptors (Lipinski definition) is 3. The molecule has 3 rings (SSSR count). The second-order valence-electron chi connectivity index (χ2n) is 4.29. The van der Waals surface area contributed by atoms with Crippen LogP contribution in [-0.2, 0) is 0 Å². The van der Waals surface area contributed by atoms with Crippen molar-refractivity contribution in [1.29, 1.82) is 0 Å². The molecule has 1 saturated heterocycles. The molecule has 1 fully saturated rings. The maximum Gasteiger partial charge on any atom is 0.274 e. The number of fused-ring (bicyclic) bond motifs is 1. The molecule has 1 unspecified atom stereocenters. The number of rotatable bonds is 1. The zero-order valence-electron chi connectivity index (χ0n) is 9.28. The fourth-order valence-corrected chi connectivity index (χ4v) is 2.13. The fraction of sp³-hybridized carbons (Fsp3) is 0.333. The largest absolute Gasteiger partial charge is 0.391 e. The number of carbonyl (C=O) groups is 1. The van der Waals surface area contributed by atoms with E-state index in [0.717, 1.165) is 5.65 Å². The van der Waals surface area contributed by atoms with E-state index in [1.807, 2.05) is 28.8 Å². The van der Waals surface area contributed by atoms with Gasteiger partial charge in [-0.2, -0.15) is 0 Å². The van der Waals surface area contributed by atoms with Crippen molar-refractivity contribution in [2.45, 2.75) is 12.5 Å². The van der Waals surface area contributed by atoms with E-state index in [9.17, 15) is 9.90 Å². The Bertz CT molecular complexity index is 531. The fourth-order valence-electron chi connectivity index (χ4n) is 2.13. The van der Waals surface area contributed by atoms with Gasteiger partial charge < -0.3 is 14.4 Å². The van der Waals surface area contributed by atoms with E-state index < -0.39 is 6.10 Å². The SMILES string of the molecule is O=C(c1cn2ccccc2n1)N1CCC(O)C1. The highest BCUT2D eigenvalue weighted by molar-refractivity contribution is 5.93. The number of pyridine rings is 1. The smallest absolute Gasteiger partial charge is 0.274 e. The van der Waals surface area contributed by atoms with Crippen LogP contribution in [0.3, 0.4) is 0 Å². The van der Waals surface area contributed by atoms with Gasteiger partial charge in [-0.3, -0.25) is 4.79 Å². The topological polar surface area (TPSA) is 57.8 Å². The van der Waals surface area contributed by atoms with Gasteiger partial charge in [0, 0.05) is 25.5 Å². The van der Waals surface area contributed by atoms with Crippen molar-refractivity contribution in [1.82, 2.24) is 14.3 Å². The lowest BCUT2D eigenvalue weighted by Crippen LogP contribution is -2.29. The number of nitrogens with zero attached hydrogens (tertiary/aromatic N) is 3. The Balaban J connectivity index is 1.90. The van der Waals surface area contributed by atoms with Gasteiger partial charge in [0.25, 0.3) is 5.91 Å². The molecule has 1 atom stereocenters. The maximum absolute atomic E-state index is 12.1. The van der Waals surface area contributed by atoms with Gasteiger partial charge in [0.15, 0.2) is 0 Å². The summed E-state index contributed by atoms with van der Waals surface area (Å²) in [5.41, 5.74) is 1.20. The van der Waals surface area contributed by atoms with Gasteiger partial charge in [-0.05, 0) is 18.6 Å². The van der Waals surface area contributed by atoms with Crippen molar-refractivity contribution < 1.29 is 9.90 Å². The number of β-amino-alcohol motifs (C(OH)–C–C–N with tert-alkyl or cyclic N) is 1. The van der Waals surface area contributed by atoms with E-state index in [0.29, 0.717) is 25.2 Å². The Morgan fingerprint density at radius 2 is 2.35 bits per heavy atom. The van der Waals surface area contributed by atoms with E-state index in [4.69, 9.17) is 0 Å². The Morgan fingerprint density at radius 3 is 3.06 bits per heavy atom. The first kappa shape index (κ1) is 10.3. The average Bonchev–Trinajstić information content (AvgIpc) is 2.93. The van der Waals surface area contributed by atoms with Gasteiger partial charge in [-0.1, -0.05) is 6.07 Å². The molecule has 0 spiro atoms. The highest BCUT2D eigenvalue weighted by atomic mass is 16.3. The summed E-state index contributed by atoms with van der Waals surface area (Å²) in [4.78, 5) is 18.0. The van der Waals surface area contributed by atoms with Crippen LogP contribution in [0.2, 0.25) is 0 Å². The van der Waals surface area contributed by atoms with Crippen LogP contribution in [0.25, 0.3) is 5.65 Å². The molecule has 0 aromatic carbocycles. The number of imidazole rings is 1. The number of aliphatic hydroxyl groups excluding tert-OH is 1. The first-order valence-corrected chi connectivity index (χ1v) is 5.65. The van der Waals surface area contributed by atoms with E-state index in [1.54, 1.807) is 11.1 Å². The summed E-state index contributed by atoms with van der Waals surface area (Å²) < 4.78 is 1.82. The Kier molecular flexibility index (Phi) is 2.33. The minimum absolute atomic E-state index is 0.106.